The number of amides is 1. The third-order valence-electron chi connectivity index (χ3n) is 5.06. The van der Waals surface area contributed by atoms with E-state index in [4.69, 9.17) is 0 Å². The van der Waals surface area contributed by atoms with Crippen LogP contribution >= 0.6 is 0 Å². The summed E-state index contributed by atoms with van der Waals surface area (Å²) in [6, 6.07) is 11.9. The van der Waals surface area contributed by atoms with Crippen LogP contribution in [0, 0.1) is 5.82 Å². The van der Waals surface area contributed by atoms with Gasteiger partial charge in [-0.3, -0.25) is 4.79 Å². The van der Waals surface area contributed by atoms with Crippen LogP contribution in [0.15, 0.2) is 67.3 Å². The molecular weight excluding hydrogens is 357 g/mol. The molecule has 6 nitrogen and oxygen atoms in total. The average molecular weight is 379 g/mol. The van der Waals surface area contributed by atoms with Crippen LogP contribution in [0.3, 0.4) is 0 Å². The van der Waals surface area contributed by atoms with Crippen LogP contribution in [0.1, 0.15) is 18.0 Å². The summed E-state index contributed by atoms with van der Waals surface area (Å²) in [5.74, 6) is 0.467. The quantitative estimate of drug-likeness (QED) is 0.684. The Morgan fingerprint density at radius 1 is 1.00 bits per heavy atom. The van der Waals surface area contributed by atoms with E-state index in [1.54, 1.807) is 24.5 Å². The lowest BCUT2D eigenvalue weighted by atomic mass is 10.0. The molecule has 7 heteroatoms. The van der Waals surface area contributed by atoms with Crippen molar-refractivity contribution >= 4 is 11.9 Å². The van der Waals surface area contributed by atoms with Gasteiger partial charge in [-0.05, 0) is 35.9 Å². The van der Waals surface area contributed by atoms with Gasteiger partial charge in [0.25, 0.3) is 0 Å². The van der Waals surface area contributed by atoms with Crippen LogP contribution in [0.5, 0.6) is 0 Å². The second kappa shape index (κ2) is 8.21. The minimum atomic E-state index is -0.293. The first kappa shape index (κ1) is 18.2. The lowest BCUT2D eigenvalue weighted by Crippen LogP contribution is -2.49. The number of nitrogens with zero attached hydrogens (tertiary/aromatic N) is 5. The summed E-state index contributed by atoms with van der Waals surface area (Å²) in [5.41, 5.74) is 0.792. The largest absolute Gasteiger partial charge is 0.346 e. The highest BCUT2D eigenvalue weighted by Crippen LogP contribution is 2.24. The van der Waals surface area contributed by atoms with E-state index in [2.05, 4.69) is 14.9 Å². The Labute approximate surface area is 163 Å². The number of halogens is 1. The number of hydrogen-bond donors (Lipinski definition) is 0. The van der Waals surface area contributed by atoms with E-state index in [-0.39, 0.29) is 17.8 Å². The van der Waals surface area contributed by atoms with Crippen LogP contribution < -0.4 is 4.90 Å². The molecule has 0 unspecified atom stereocenters. The van der Waals surface area contributed by atoms with Gasteiger partial charge in [-0.1, -0.05) is 12.1 Å². The maximum Gasteiger partial charge on any atom is 0.225 e. The Kier molecular flexibility index (Phi) is 5.32. The summed E-state index contributed by atoms with van der Waals surface area (Å²) in [4.78, 5) is 25.5. The summed E-state index contributed by atoms with van der Waals surface area (Å²) in [6.45, 7) is 2.64. The molecule has 4 rings (SSSR count). The van der Waals surface area contributed by atoms with Gasteiger partial charge in [0, 0.05) is 51.0 Å². The second-order valence-electron chi connectivity index (χ2n) is 6.82. The number of hydrogen-bond acceptors (Lipinski definition) is 4. The van der Waals surface area contributed by atoms with E-state index < -0.39 is 0 Å². The molecule has 0 aliphatic carbocycles. The first-order chi connectivity index (χ1) is 13.7. The standard InChI is InChI=1S/C21H22FN5O/c22-18-6-3-5-17(15-18)19(25-9-1-2-10-25)16-20(28)26-11-13-27(14-12-26)21-23-7-4-8-24-21/h1-10,15,19H,11-14,16H2/t19-/m0/s1. The summed E-state index contributed by atoms with van der Waals surface area (Å²) < 4.78 is 15.7. The zero-order valence-electron chi connectivity index (χ0n) is 15.5. The number of benzene rings is 1. The number of carbonyl (C=O) groups excluding carboxylic acids is 1. The number of carbonyl (C=O) groups is 1. The lowest BCUT2D eigenvalue weighted by molar-refractivity contribution is -0.132. The van der Waals surface area contributed by atoms with Crippen molar-refractivity contribution in [3.8, 4) is 0 Å². The van der Waals surface area contributed by atoms with Crippen molar-refractivity contribution in [2.24, 2.45) is 0 Å². The van der Waals surface area contributed by atoms with Gasteiger partial charge in [-0.25, -0.2) is 14.4 Å². The molecule has 1 saturated heterocycles. The maximum atomic E-state index is 13.7. The first-order valence-electron chi connectivity index (χ1n) is 9.38. The zero-order valence-corrected chi connectivity index (χ0v) is 15.5. The number of rotatable bonds is 5. The summed E-state index contributed by atoms with van der Waals surface area (Å²) in [6.07, 6.45) is 7.56. The van der Waals surface area contributed by atoms with Crippen LogP contribution in [0.4, 0.5) is 10.3 Å². The van der Waals surface area contributed by atoms with Crippen molar-refractivity contribution in [2.45, 2.75) is 12.5 Å². The van der Waals surface area contributed by atoms with Crippen molar-refractivity contribution in [2.75, 3.05) is 31.1 Å². The normalized spacial score (nSPS) is 15.5. The van der Waals surface area contributed by atoms with Crippen LogP contribution in [0.25, 0.3) is 0 Å². The zero-order chi connectivity index (χ0) is 19.3. The molecule has 0 saturated carbocycles. The molecule has 0 spiro atoms. The minimum absolute atomic E-state index is 0.0663. The highest BCUT2D eigenvalue weighted by atomic mass is 19.1. The van der Waals surface area contributed by atoms with Gasteiger partial charge in [-0.15, -0.1) is 0 Å². The predicted molar refractivity (Wildman–Crippen MR) is 104 cm³/mol. The van der Waals surface area contributed by atoms with Gasteiger partial charge in [0.1, 0.15) is 5.82 Å². The number of piperazine rings is 1. The molecule has 0 bridgehead atoms. The monoisotopic (exact) mass is 379 g/mol. The molecule has 1 aliphatic rings. The van der Waals surface area contributed by atoms with Gasteiger partial charge in [-0.2, -0.15) is 0 Å². The van der Waals surface area contributed by atoms with E-state index in [1.807, 2.05) is 40.1 Å². The summed E-state index contributed by atoms with van der Waals surface area (Å²) in [7, 11) is 0. The molecule has 1 aliphatic heterocycles. The number of aromatic nitrogens is 3. The maximum absolute atomic E-state index is 13.7. The fourth-order valence-electron chi connectivity index (χ4n) is 3.57. The summed E-state index contributed by atoms with van der Waals surface area (Å²) >= 11 is 0. The Morgan fingerprint density at radius 3 is 2.39 bits per heavy atom. The van der Waals surface area contributed by atoms with E-state index in [1.165, 1.54) is 12.1 Å². The molecule has 0 radical (unpaired) electrons. The van der Waals surface area contributed by atoms with Gasteiger partial charge >= 0.3 is 0 Å². The highest BCUT2D eigenvalue weighted by molar-refractivity contribution is 5.77. The van der Waals surface area contributed by atoms with Crippen molar-refractivity contribution in [3.63, 3.8) is 0 Å². The molecule has 1 aromatic carbocycles. The molecule has 1 amide bonds. The fourth-order valence-corrected chi connectivity index (χ4v) is 3.57. The Balaban J connectivity index is 1.44. The topological polar surface area (TPSA) is 54.3 Å². The van der Waals surface area contributed by atoms with E-state index >= 15 is 0 Å². The summed E-state index contributed by atoms with van der Waals surface area (Å²) in [5, 5.41) is 0. The smallest absolute Gasteiger partial charge is 0.225 e. The fraction of sp³-hybridized carbons (Fsp3) is 0.286. The van der Waals surface area contributed by atoms with Gasteiger partial charge in [0.15, 0.2) is 0 Å². The van der Waals surface area contributed by atoms with Crippen LogP contribution in [-0.4, -0.2) is 51.5 Å². The number of anilines is 1. The van der Waals surface area contributed by atoms with E-state index in [0.29, 0.717) is 38.5 Å². The lowest BCUT2D eigenvalue weighted by Gasteiger charge is -2.35. The molecule has 1 fully saturated rings. The predicted octanol–water partition coefficient (Wildman–Crippen LogP) is 2.75. The molecule has 2 aromatic heterocycles. The molecular formula is C21H22FN5O. The second-order valence-corrected chi connectivity index (χ2v) is 6.82. The molecule has 3 aromatic rings. The van der Waals surface area contributed by atoms with Crippen LogP contribution in [0.2, 0.25) is 0 Å². The Bertz CT molecular complexity index is 908. The minimum Gasteiger partial charge on any atom is -0.346 e. The van der Waals surface area contributed by atoms with E-state index in [0.717, 1.165) is 5.56 Å². The molecule has 3 heterocycles. The van der Waals surface area contributed by atoms with Gasteiger partial charge < -0.3 is 14.4 Å². The van der Waals surface area contributed by atoms with Gasteiger partial charge in [0.05, 0.1) is 12.5 Å². The Morgan fingerprint density at radius 2 is 1.71 bits per heavy atom. The molecule has 1 atom stereocenters. The van der Waals surface area contributed by atoms with Crippen molar-refractivity contribution in [3.05, 3.63) is 78.6 Å². The van der Waals surface area contributed by atoms with Crippen molar-refractivity contribution in [1.29, 1.82) is 0 Å². The van der Waals surface area contributed by atoms with E-state index in [9.17, 15) is 9.18 Å². The third-order valence-corrected chi connectivity index (χ3v) is 5.06. The molecule has 0 N–H and O–H groups in total. The average Bonchev–Trinajstić information content (AvgIpc) is 3.27. The molecule has 144 valence electrons. The third kappa shape index (κ3) is 4.03. The van der Waals surface area contributed by atoms with Crippen molar-refractivity contribution < 1.29 is 9.18 Å². The molecule has 28 heavy (non-hydrogen) atoms. The first-order valence-corrected chi connectivity index (χ1v) is 9.38. The SMILES string of the molecule is O=C(C[C@@H](c1cccc(F)c1)n1cccc1)N1CCN(c2ncccn2)CC1. The van der Waals surface area contributed by atoms with Crippen LogP contribution in [-0.2, 0) is 4.79 Å². The van der Waals surface area contributed by atoms with Crippen molar-refractivity contribution in [1.82, 2.24) is 19.4 Å². The van der Waals surface area contributed by atoms with Gasteiger partial charge in [0.2, 0.25) is 11.9 Å². The highest BCUT2D eigenvalue weighted by Gasteiger charge is 2.26. The Hall–Kier alpha value is -3.22.